The van der Waals surface area contributed by atoms with Crippen molar-refractivity contribution in [3.05, 3.63) is 88.2 Å². The summed E-state index contributed by atoms with van der Waals surface area (Å²) in [7, 11) is 0. The molecule has 0 atom stereocenters. The number of rotatable bonds is 7. The van der Waals surface area contributed by atoms with Crippen molar-refractivity contribution >= 4 is 40.7 Å². The van der Waals surface area contributed by atoms with Gasteiger partial charge in [-0.3, -0.25) is 14.6 Å². The third-order valence-corrected chi connectivity index (χ3v) is 4.38. The number of carbonyl (C=O) groups excluding carboxylic acids is 2. The highest BCUT2D eigenvalue weighted by atomic mass is 35.5. The van der Waals surface area contributed by atoms with E-state index in [-0.39, 0.29) is 25.0 Å². The van der Waals surface area contributed by atoms with Crippen LogP contribution in [-0.4, -0.2) is 23.4 Å². The van der Waals surface area contributed by atoms with Gasteiger partial charge in [0, 0.05) is 29.6 Å². The van der Waals surface area contributed by atoms with Crippen LogP contribution in [0.1, 0.15) is 15.9 Å². The number of amides is 2. The molecule has 0 saturated heterocycles. The van der Waals surface area contributed by atoms with Gasteiger partial charge in [-0.1, -0.05) is 35.3 Å². The van der Waals surface area contributed by atoms with Gasteiger partial charge in [-0.05, 0) is 48.0 Å². The second kappa shape index (κ2) is 9.91. The minimum absolute atomic E-state index is 0.182. The molecule has 8 heteroatoms. The Morgan fingerprint density at radius 3 is 2.66 bits per heavy atom. The minimum Gasteiger partial charge on any atom is -0.482 e. The molecule has 0 spiro atoms. The Morgan fingerprint density at radius 1 is 1.03 bits per heavy atom. The zero-order valence-corrected chi connectivity index (χ0v) is 16.7. The van der Waals surface area contributed by atoms with E-state index >= 15 is 0 Å². The smallest absolute Gasteiger partial charge is 0.258 e. The first-order valence-corrected chi connectivity index (χ1v) is 9.42. The van der Waals surface area contributed by atoms with Crippen LogP contribution in [0.5, 0.6) is 5.75 Å². The Balaban J connectivity index is 1.51. The second-order valence-electron chi connectivity index (χ2n) is 6.04. The van der Waals surface area contributed by atoms with Gasteiger partial charge in [-0.15, -0.1) is 0 Å². The fourth-order valence-electron chi connectivity index (χ4n) is 2.45. The molecule has 6 nitrogen and oxygen atoms in total. The van der Waals surface area contributed by atoms with Gasteiger partial charge in [0.25, 0.3) is 11.8 Å². The summed E-state index contributed by atoms with van der Waals surface area (Å²) in [6, 6.07) is 15.3. The molecule has 0 aliphatic rings. The molecule has 0 bridgehead atoms. The maximum absolute atomic E-state index is 12.2. The van der Waals surface area contributed by atoms with E-state index in [0.29, 0.717) is 27.0 Å². The number of benzene rings is 2. The summed E-state index contributed by atoms with van der Waals surface area (Å²) in [5.41, 5.74) is 1.91. The van der Waals surface area contributed by atoms with Crippen molar-refractivity contribution in [3.8, 4) is 5.75 Å². The summed E-state index contributed by atoms with van der Waals surface area (Å²) in [6.07, 6.45) is 3.09. The third kappa shape index (κ3) is 6.20. The van der Waals surface area contributed by atoms with E-state index in [1.807, 2.05) is 6.07 Å². The minimum atomic E-state index is -0.305. The molecule has 2 amide bonds. The average molecular weight is 430 g/mol. The highest BCUT2D eigenvalue weighted by Gasteiger charge is 2.08. The van der Waals surface area contributed by atoms with Gasteiger partial charge < -0.3 is 15.4 Å². The third-order valence-electron chi connectivity index (χ3n) is 3.85. The van der Waals surface area contributed by atoms with Crippen molar-refractivity contribution in [1.29, 1.82) is 0 Å². The first kappa shape index (κ1) is 20.6. The number of aromatic nitrogens is 1. The normalized spacial score (nSPS) is 10.3. The van der Waals surface area contributed by atoms with Crippen molar-refractivity contribution in [3.63, 3.8) is 0 Å². The van der Waals surface area contributed by atoms with Crippen LogP contribution in [0.25, 0.3) is 0 Å². The monoisotopic (exact) mass is 429 g/mol. The number of hydrogen-bond acceptors (Lipinski definition) is 4. The van der Waals surface area contributed by atoms with Crippen molar-refractivity contribution in [2.24, 2.45) is 0 Å². The van der Waals surface area contributed by atoms with Gasteiger partial charge in [-0.25, -0.2) is 0 Å². The van der Waals surface area contributed by atoms with E-state index in [2.05, 4.69) is 15.6 Å². The Hall–Kier alpha value is -3.09. The molecule has 0 saturated carbocycles. The van der Waals surface area contributed by atoms with Crippen molar-refractivity contribution < 1.29 is 14.3 Å². The Kier molecular flexibility index (Phi) is 7.05. The molecule has 148 valence electrons. The molecule has 0 fully saturated rings. The Labute approximate surface area is 177 Å². The number of carbonyl (C=O) groups is 2. The lowest BCUT2D eigenvalue weighted by Crippen LogP contribution is -2.28. The average Bonchev–Trinajstić information content (AvgIpc) is 2.72. The first-order valence-electron chi connectivity index (χ1n) is 8.66. The number of nitrogens with zero attached hydrogens (tertiary/aromatic N) is 1. The molecule has 1 aromatic heterocycles. The molecule has 3 rings (SSSR count). The van der Waals surface area contributed by atoms with E-state index in [1.165, 1.54) is 6.20 Å². The van der Waals surface area contributed by atoms with Gasteiger partial charge in [0.05, 0.1) is 10.6 Å². The SMILES string of the molecule is O=C(COc1ccc(Cl)cc1Cl)NCc1cccc(NC(=O)c2cccnc2)c1. The van der Waals surface area contributed by atoms with Crippen molar-refractivity contribution in [1.82, 2.24) is 10.3 Å². The summed E-state index contributed by atoms with van der Waals surface area (Å²) >= 11 is 11.8. The molecular formula is C21H17Cl2N3O3. The summed E-state index contributed by atoms with van der Waals surface area (Å²) in [4.78, 5) is 28.2. The maximum Gasteiger partial charge on any atom is 0.258 e. The van der Waals surface area contributed by atoms with Crippen LogP contribution in [0.3, 0.4) is 0 Å². The lowest BCUT2D eigenvalue weighted by Gasteiger charge is -2.10. The Morgan fingerprint density at radius 2 is 1.90 bits per heavy atom. The van der Waals surface area contributed by atoms with E-state index in [4.69, 9.17) is 27.9 Å². The van der Waals surface area contributed by atoms with Gasteiger partial charge in [0.1, 0.15) is 5.75 Å². The van der Waals surface area contributed by atoms with Gasteiger partial charge in [0.15, 0.2) is 6.61 Å². The van der Waals surface area contributed by atoms with Crippen molar-refractivity contribution in [2.45, 2.75) is 6.54 Å². The number of ether oxygens (including phenoxy) is 1. The molecule has 1 heterocycles. The van der Waals surface area contributed by atoms with E-state index < -0.39 is 0 Å². The van der Waals surface area contributed by atoms with Crippen LogP contribution >= 0.6 is 23.2 Å². The van der Waals surface area contributed by atoms with Crippen LogP contribution in [-0.2, 0) is 11.3 Å². The van der Waals surface area contributed by atoms with E-state index in [9.17, 15) is 9.59 Å². The molecule has 2 aromatic carbocycles. The lowest BCUT2D eigenvalue weighted by atomic mass is 10.2. The quantitative estimate of drug-likeness (QED) is 0.585. The fourth-order valence-corrected chi connectivity index (χ4v) is 2.91. The highest BCUT2D eigenvalue weighted by molar-refractivity contribution is 6.35. The molecule has 0 aliphatic heterocycles. The topological polar surface area (TPSA) is 80.3 Å². The largest absolute Gasteiger partial charge is 0.482 e. The zero-order valence-electron chi connectivity index (χ0n) is 15.2. The lowest BCUT2D eigenvalue weighted by molar-refractivity contribution is -0.123. The standard InChI is InChI=1S/C21H17Cl2N3O3/c22-16-6-7-19(18(23)10-16)29-13-20(27)25-11-14-3-1-5-17(9-14)26-21(28)15-4-2-8-24-12-15/h1-10,12H,11,13H2,(H,25,27)(H,26,28). The summed E-state index contributed by atoms with van der Waals surface area (Å²) < 4.78 is 5.40. The molecule has 3 aromatic rings. The molecular weight excluding hydrogens is 413 g/mol. The molecule has 29 heavy (non-hydrogen) atoms. The summed E-state index contributed by atoms with van der Waals surface area (Å²) in [5, 5.41) is 6.38. The van der Waals surface area contributed by atoms with E-state index in [0.717, 1.165) is 5.56 Å². The highest BCUT2D eigenvalue weighted by Crippen LogP contribution is 2.27. The molecule has 0 radical (unpaired) electrons. The maximum atomic E-state index is 12.2. The number of halogens is 2. The molecule has 2 N–H and O–H groups in total. The van der Waals surface area contributed by atoms with Gasteiger partial charge in [-0.2, -0.15) is 0 Å². The van der Waals surface area contributed by atoms with Crippen LogP contribution < -0.4 is 15.4 Å². The number of nitrogens with one attached hydrogen (secondary N) is 2. The second-order valence-corrected chi connectivity index (χ2v) is 6.88. The number of hydrogen-bond donors (Lipinski definition) is 2. The Bertz CT molecular complexity index is 1010. The summed E-state index contributed by atoms with van der Waals surface area (Å²) in [5.74, 6) is -0.181. The number of anilines is 1. The summed E-state index contributed by atoms with van der Waals surface area (Å²) in [6.45, 7) is 0.103. The van der Waals surface area contributed by atoms with Crippen LogP contribution in [0.4, 0.5) is 5.69 Å². The predicted octanol–water partition coefficient (Wildman–Crippen LogP) is 4.34. The predicted molar refractivity (Wildman–Crippen MR) is 112 cm³/mol. The fraction of sp³-hybridized carbons (Fsp3) is 0.0952. The molecule has 0 aliphatic carbocycles. The van der Waals surface area contributed by atoms with Crippen LogP contribution in [0, 0.1) is 0 Å². The first-order chi connectivity index (χ1) is 14.0. The number of pyridine rings is 1. The van der Waals surface area contributed by atoms with Gasteiger partial charge in [0.2, 0.25) is 0 Å². The van der Waals surface area contributed by atoms with Gasteiger partial charge >= 0.3 is 0 Å². The van der Waals surface area contributed by atoms with Crippen molar-refractivity contribution in [2.75, 3.05) is 11.9 Å². The van der Waals surface area contributed by atoms with Crippen LogP contribution in [0.2, 0.25) is 10.0 Å². The van der Waals surface area contributed by atoms with Crippen LogP contribution in [0.15, 0.2) is 67.0 Å². The zero-order chi connectivity index (χ0) is 20.6. The molecule has 0 unspecified atom stereocenters. The van der Waals surface area contributed by atoms with E-state index in [1.54, 1.807) is 54.7 Å².